The van der Waals surface area contributed by atoms with Gasteiger partial charge in [0.15, 0.2) is 0 Å². The van der Waals surface area contributed by atoms with Crippen LogP contribution in [0.5, 0.6) is 0 Å². The third kappa shape index (κ3) is 8.63. The third-order valence-electron chi connectivity index (χ3n) is 12.2. The summed E-state index contributed by atoms with van der Waals surface area (Å²) in [6.45, 7) is 27.4. The standard InChI is InChI=1S/C58H58N4S.Pt/c1-55(2,3)39-19-15-18-38(30-39)47-23-17-25-51-54(47)61(44-32-41(57(7,8)9)31-42(33-44)58(10,11)12)37-60(51)43-20-16-21-45(35-43)63-46-26-27-49-48-22-13-14-24-50(48)62(52(49)36-46)53-34-40(28-29-59-53)56(4,5)6;/h13-34H,1-12H3;/q;+2. The number of nitrogens with zero attached hydrogens (tertiary/aromatic N) is 4. The summed E-state index contributed by atoms with van der Waals surface area (Å²) in [5, 5.41) is 2.34. The summed E-state index contributed by atoms with van der Waals surface area (Å²) < 4.78 is 6.74. The Balaban J connectivity index is 0.00000560. The molecular formula is C58H58N4PtS+2. The number of hydrogen-bond acceptors (Lipinski definition) is 2. The number of fused-ring (bicyclic) bond motifs is 4. The van der Waals surface area contributed by atoms with Gasteiger partial charge in [0.2, 0.25) is 5.69 Å². The van der Waals surface area contributed by atoms with Gasteiger partial charge < -0.3 is 4.57 Å². The summed E-state index contributed by atoms with van der Waals surface area (Å²) in [5.41, 5.74) is 13.7. The largest absolute Gasteiger partial charge is 2.00 e. The fourth-order valence-corrected chi connectivity index (χ4v) is 9.26. The molecule has 3 heterocycles. The molecule has 1 aliphatic rings. The molecule has 0 saturated heterocycles. The van der Waals surface area contributed by atoms with Crippen LogP contribution in [0, 0.1) is 12.1 Å². The second kappa shape index (κ2) is 16.6. The van der Waals surface area contributed by atoms with Gasteiger partial charge in [0.25, 0.3) is 5.69 Å². The van der Waals surface area contributed by atoms with Crippen LogP contribution in [0.15, 0.2) is 143 Å². The van der Waals surface area contributed by atoms with Gasteiger partial charge in [-0.2, -0.15) is 24.3 Å². The molecule has 6 heteroatoms. The molecule has 0 spiro atoms. The number of para-hydroxylation sites is 2. The zero-order chi connectivity index (χ0) is 44.6. The number of hydrogen-bond donors (Lipinski definition) is 0. The Morgan fingerprint density at radius 3 is 1.89 bits per heavy atom. The first-order valence-electron chi connectivity index (χ1n) is 22.1. The second-order valence-electron chi connectivity index (χ2n) is 21.1. The van der Waals surface area contributed by atoms with E-state index in [2.05, 4.69) is 242 Å². The van der Waals surface area contributed by atoms with Gasteiger partial charge in [0.05, 0.1) is 5.56 Å². The molecule has 4 nitrogen and oxygen atoms in total. The Hall–Kier alpha value is -5.31. The van der Waals surface area contributed by atoms with E-state index in [4.69, 9.17) is 4.98 Å². The summed E-state index contributed by atoms with van der Waals surface area (Å²) in [6.07, 6.45) is 1.93. The monoisotopic (exact) mass is 1040 g/mol. The molecule has 0 bridgehead atoms. The summed E-state index contributed by atoms with van der Waals surface area (Å²) in [6, 6.07) is 58.0. The van der Waals surface area contributed by atoms with Crippen LogP contribution in [0.25, 0.3) is 38.8 Å². The minimum absolute atomic E-state index is 0. The van der Waals surface area contributed by atoms with Crippen LogP contribution >= 0.6 is 11.8 Å². The molecule has 9 rings (SSSR count). The van der Waals surface area contributed by atoms with Crippen LogP contribution < -0.4 is 9.15 Å². The molecule has 0 fully saturated rings. The van der Waals surface area contributed by atoms with E-state index in [0.29, 0.717) is 0 Å². The molecule has 1 aliphatic heterocycles. The van der Waals surface area contributed by atoms with Crippen molar-refractivity contribution in [1.29, 1.82) is 0 Å². The molecule has 0 unspecified atom stereocenters. The van der Waals surface area contributed by atoms with E-state index in [-0.39, 0.29) is 42.7 Å². The molecule has 6 aromatic carbocycles. The van der Waals surface area contributed by atoms with Crippen LogP contribution in [0.4, 0.5) is 22.7 Å². The van der Waals surface area contributed by atoms with E-state index in [1.54, 1.807) is 11.8 Å². The molecule has 0 amide bonds. The van der Waals surface area contributed by atoms with Crippen LogP contribution in [0.1, 0.15) is 105 Å². The summed E-state index contributed by atoms with van der Waals surface area (Å²) in [5.74, 6) is 0.899. The Labute approximate surface area is 399 Å². The molecule has 0 radical (unpaired) electrons. The minimum atomic E-state index is -0.0422. The van der Waals surface area contributed by atoms with Gasteiger partial charge in [-0.3, -0.25) is 0 Å². The average Bonchev–Trinajstić information content (AvgIpc) is 3.79. The molecule has 0 aliphatic carbocycles. The van der Waals surface area contributed by atoms with Crippen molar-refractivity contribution in [3.8, 4) is 16.9 Å². The molecular weight excluding hydrogens is 980 g/mol. The molecule has 324 valence electrons. The van der Waals surface area contributed by atoms with E-state index >= 15 is 0 Å². The van der Waals surface area contributed by atoms with E-state index in [9.17, 15) is 0 Å². The van der Waals surface area contributed by atoms with Crippen molar-refractivity contribution in [2.24, 2.45) is 0 Å². The maximum absolute atomic E-state index is 4.90. The van der Waals surface area contributed by atoms with Gasteiger partial charge >= 0.3 is 32.8 Å². The topological polar surface area (TPSA) is 23.8 Å². The van der Waals surface area contributed by atoms with Gasteiger partial charge in [-0.15, -0.1) is 28.1 Å². The molecule has 8 aromatic rings. The second-order valence-corrected chi connectivity index (χ2v) is 22.2. The van der Waals surface area contributed by atoms with Gasteiger partial charge in [-0.1, -0.05) is 165 Å². The van der Waals surface area contributed by atoms with Crippen LogP contribution in [-0.2, 0) is 42.7 Å². The first-order chi connectivity index (χ1) is 29.7. The summed E-state index contributed by atoms with van der Waals surface area (Å²) in [7, 11) is 0. The average molecular weight is 1040 g/mol. The molecule has 0 N–H and O–H groups in total. The fourth-order valence-electron chi connectivity index (χ4n) is 8.44. The van der Waals surface area contributed by atoms with Crippen LogP contribution in [0.2, 0.25) is 0 Å². The van der Waals surface area contributed by atoms with Gasteiger partial charge in [-0.25, -0.2) is 4.98 Å². The fraction of sp³-hybridized carbons (Fsp3) is 0.276. The predicted octanol–water partition coefficient (Wildman–Crippen LogP) is 15.6. The van der Waals surface area contributed by atoms with Crippen molar-refractivity contribution in [2.75, 3.05) is 0 Å². The first kappa shape index (κ1) is 45.3. The summed E-state index contributed by atoms with van der Waals surface area (Å²) >= 11 is 1.68. The Kier molecular flexibility index (Phi) is 11.7. The van der Waals surface area contributed by atoms with Crippen LogP contribution in [0.3, 0.4) is 0 Å². The van der Waals surface area contributed by atoms with Crippen molar-refractivity contribution < 1.29 is 21.1 Å². The predicted molar refractivity (Wildman–Crippen MR) is 268 cm³/mol. The Morgan fingerprint density at radius 1 is 0.547 bits per heavy atom. The van der Waals surface area contributed by atoms with Crippen molar-refractivity contribution >= 4 is 62.3 Å². The normalized spacial score (nSPS) is 13.2. The zero-order valence-electron chi connectivity index (χ0n) is 39.2. The summed E-state index contributed by atoms with van der Waals surface area (Å²) in [4.78, 5) is 6.91. The van der Waals surface area contributed by atoms with Crippen molar-refractivity contribution in [3.05, 3.63) is 168 Å². The van der Waals surface area contributed by atoms with E-state index in [0.717, 1.165) is 54.8 Å². The van der Waals surface area contributed by atoms with E-state index in [1.807, 2.05) is 6.20 Å². The van der Waals surface area contributed by atoms with E-state index in [1.165, 1.54) is 38.8 Å². The number of aromatic nitrogens is 2. The quantitative estimate of drug-likeness (QED) is 0.122. The van der Waals surface area contributed by atoms with Gasteiger partial charge in [0, 0.05) is 29.9 Å². The number of benzene rings is 6. The molecule has 64 heavy (non-hydrogen) atoms. The first-order valence-corrected chi connectivity index (χ1v) is 22.9. The molecule has 2 aromatic heterocycles. The maximum atomic E-state index is 4.90. The minimum Gasteiger partial charge on any atom is -0.319 e. The van der Waals surface area contributed by atoms with Crippen molar-refractivity contribution in [3.63, 3.8) is 0 Å². The number of rotatable bonds is 6. The molecule has 0 saturated carbocycles. The van der Waals surface area contributed by atoms with Gasteiger partial charge in [-0.05, 0) is 83.7 Å². The zero-order valence-corrected chi connectivity index (χ0v) is 42.3. The smallest absolute Gasteiger partial charge is 0.319 e. The Bertz CT molecular complexity index is 3140. The maximum Gasteiger partial charge on any atom is 2.00 e. The van der Waals surface area contributed by atoms with Crippen molar-refractivity contribution in [1.82, 2.24) is 18.7 Å². The van der Waals surface area contributed by atoms with Crippen molar-refractivity contribution in [2.45, 2.75) is 115 Å². The van der Waals surface area contributed by atoms with Crippen LogP contribution in [-0.4, -0.2) is 15.6 Å². The number of pyridine rings is 1. The SMILES string of the molecule is CC(C)(C)c1cccc(-c2cccc3c2[N+](c2cc(C(C)(C)C)cc(C(C)(C)C)c2)=C=[N+]3c2[c-]c(Sc3[c-]c4c(cc3)c3ccccc3n4-c3cc(C(C)(C)C)ccn3)ccc2)c1.[Pt+2]. The molecule has 0 atom stereocenters. The third-order valence-corrected chi connectivity index (χ3v) is 13.2. The van der Waals surface area contributed by atoms with Gasteiger partial charge in [0.1, 0.15) is 11.5 Å². The Morgan fingerprint density at radius 2 is 1.19 bits per heavy atom. The van der Waals surface area contributed by atoms with E-state index < -0.39 is 0 Å².